The summed E-state index contributed by atoms with van der Waals surface area (Å²) in [5, 5.41) is 0. The van der Waals surface area contributed by atoms with Gasteiger partial charge in [0.1, 0.15) is 5.69 Å². The average Bonchev–Trinajstić information content (AvgIpc) is 2.89. The van der Waals surface area contributed by atoms with Gasteiger partial charge in [0.2, 0.25) is 0 Å². The van der Waals surface area contributed by atoms with Gasteiger partial charge in [0.25, 0.3) is 0 Å². The van der Waals surface area contributed by atoms with Gasteiger partial charge in [-0.05, 0) is 46.4 Å². The van der Waals surface area contributed by atoms with E-state index >= 15 is 0 Å². The number of hydrogen-bond donors (Lipinski definition) is 0. The summed E-state index contributed by atoms with van der Waals surface area (Å²) in [7, 11) is 6.62. The van der Waals surface area contributed by atoms with Crippen LogP contribution in [0.2, 0.25) is 0 Å². The second kappa shape index (κ2) is 6.93. The van der Waals surface area contributed by atoms with Crippen molar-refractivity contribution in [2.24, 2.45) is 0 Å². The molecule has 0 aliphatic heterocycles. The lowest BCUT2D eigenvalue weighted by molar-refractivity contribution is -0.00000497. The number of benzene rings is 3. The lowest BCUT2D eigenvalue weighted by atomic mass is 9.90. The average molecular weight is 441 g/mol. The minimum atomic E-state index is 0. The Bertz CT molecular complexity index is 830. The summed E-state index contributed by atoms with van der Waals surface area (Å²) >= 11 is 0. The summed E-state index contributed by atoms with van der Waals surface area (Å²) < 4.78 is 0.857. The molecule has 0 saturated heterocycles. The zero-order chi connectivity index (χ0) is 16.7. The van der Waals surface area contributed by atoms with Gasteiger partial charge in [-0.3, -0.25) is 4.48 Å². The summed E-state index contributed by atoms with van der Waals surface area (Å²) in [5.74, 6) is 0.465. The third kappa shape index (κ3) is 3.38. The van der Waals surface area contributed by atoms with Gasteiger partial charge in [-0.2, -0.15) is 0 Å². The number of halogens is 1. The minimum absolute atomic E-state index is 0. The van der Waals surface area contributed by atoms with Gasteiger partial charge in [-0.15, -0.1) is 0 Å². The molecule has 1 aliphatic carbocycles. The van der Waals surface area contributed by atoms with E-state index in [4.69, 9.17) is 0 Å². The van der Waals surface area contributed by atoms with E-state index in [-0.39, 0.29) is 24.0 Å². The maximum atomic E-state index is 2.29. The molecule has 3 aromatic carbocycles. The van der Waals surface area contributed by atoms with Crippen LogP contribution in [0.1, 0.15) is 22.6 Å². The van der Waals surface area contributed by atoms with Crippen LogP contribution in [-0.2, 0) is 6.42 Å². The highest BCUT2D eigenvalue weighted by molar-refractivity contribution is 5.78. The SMILES string of the molecule is C[N+](C)(C)c1ccc(CC2c3ccccc3-c3ccccc32)cc1.[I-]. The fraction of sp³-hybridized carbons (Fsp3) is 0.217. The third-order valence-electron chi connectivity index (χ3n) is 5.11. The molecule has 0 atom stereocenters. The van der Waals surface area contributed by atoms with Crippen molar-refractivity contribution in [3.8, 4) is 11.1 Å². The molecule has 0 N–H and O–H groups in total. The maximum absolute atomic E-state index is 2.29. The predicted octanol–water partition coefficient (Wildman–Crippen LogP) is 2.24. The molecule has 2 heteroatoms. The van der Waals surface area contributed by atoms with Crippen LogP contribution in [0.5, 0.6) is 0 Å². The predicted molar refractivity (Wildman–Crippen MR) is 103 cm³/mol. The van der Waals surface area contributed by atoms with Crippen molar-refractivity contribution < 1.29 is 24.0 Å². The Morgan fingerprint density at radius 2 is 1.16 bits per heavy atom. The van der Waals surface area contributed by atoms with E-state index in [0.717, 1.165) is 10.9 Å². The summed E-state index contributed by atoms with van der Waals surface area (Å²) in [5.41, 5.74) is 8.49. The van der Waals surface area contributed by atoms with Crippen LogP contribution in [0.3, 0.4) is 0 Å². The van der Waals surface area contributed by atoms with E-state index in [2.05, 4.69) is 93.9 Å². The molecule has 0 unspecified atom stereocenters. The van der Waals surface area contributed by atoms with E-state index < -0.39 is 0 Å². The second-order valence-corrected chi connectivity index (χ2v) is 7.61. The normalized spacial score (nSPS) is 13.1. The van der Waals surface area contributed by atoms with Crippen molar-refractivity contribution in [3.05, 3.63) is 89.5 Å². The van der Waals surface area contributed by atoms with Crippen LogP contribution in [0.4, 0.5) is 5.69 Å². The zero-order valence-corrected chi connectivity index (χ0v) is 17.2. The van der Waals surface area contributed by atoms with Crippen molar-refractivity contribution in [1.82, 2.24) is 4.48 Å². The van der Waals surface area contributed by atoms with Crippen LogP contribution in [0.15, 0.2) is 72.8 Å². The number of fused-ring (bicyclic) bond motifs is 3. The molecule has 0 spiro atoms. The molecule has 4 rings (SSSR count). The first kappa shape index (κ1) is 18.2. The monoisotopic (exact) mass is 441 g/mol. The third-order valence-corrected chi connectivity index (χ3v) is 5.11. The van der Waals surface area contributed by atoms with E-state index in [1.807, 2.05) is 0 Å². The summed E-state index contributed by atoms with van der Waals surface area (Å²) in [4.78, 5) is 0. The molecular formula is C23H24IN. The smallest absolute Gasteiger partial charge is 0.132 e. The highest BCUT2D eigenvalue weighted by Crippen LogP contribution is 2.45. The Labute approximate surface area is 167 Å². The van der Waals surface area contributed by atoms with Gasteiger partial charge < -0.3 is 24.0 Å². The molecule has 0 heterocycles. The Kier molecular flexibility index (Phi) is 5.03. The van der Waals surface area contributed by atoms with Crippen LogP contribution in [0.25, 0.3) is 11.1 Å². The summed E-state index contributed by atoms with van der Waals surface area (Å²) in [6.07, 6.45) is 1.06. The molecule has 0 amide bonds. The number of nitrogens with zero attached hydrogens (tertiary/aromatic N) is 1. The lowest BCUT2D eigenvalue weighted by Gasteiger charge is -2.23. The van der Waals surface area contributed by atoms with Gasteiger partial charge in [0, 0.05) is 5.92 Å². The molecular weight excluding hydrogens is 417 g/mol. The first-order valence-corrected chi connectivity index (χ1v) is 8.63. The minimum Gasteiger partial charge on any atom is -1.00 e. The highest BCUT2D eigenvalue weighted by Gasteiger charge is 2.28. The Morgan fingerprint density at radius 3 is 1.64 bits per heavy atom. The van der Waals surface area contributed by atoms with Gasteiger partial charge in [-0.25, -0.2) is 0 Å². The number of hydrogen-bond acceptors (Lipinski definition) is 0. The molecule has 0 saturated carbocycles. The molecule has 25 heavy (non-hydrogen) atoms. The van der Waals surface area contributed by atoms with E-state index in [1.165, 1.54) is 33.5 Å². The number of rotatable bonds is 3. The van der Waals surface area contributed by atoms with Crippen molar-refractivity contribution in [2.75, 3.05) is 21.1 Å². The Morgan fingerprint density at radius 1 is 0.680 bits per heavy atom. The highest BCUT2D eigenvalue weighted by atomic mass is 127. The van der Waals surface area contributed by atoms with E-state index in [0.29, 0.717) is 5.92 Å². The maximum Gasteiger partial charge on any atom is 0.132 e. The fourth-order valence-corrected chi connectivity index (χ4v) is 3.79. The van der Waals surface area contributed by atoms with Gasteiger partial charge in [0.15, 0.2) is 0 Å². The van der Waals surface area contributed by atoms with Crippen molar-refractivity contribution >= 4 is 5.69 Å². The summed E-state index contributed by atoms with van der Waals surface area (Å²) in [6.45, 7) is 0. The van der Waals surface area contributed by atoms with Crippen LogP contribution in [0, 0.1) is 0 Å². The van der Waals surface area contributed by atoms with E-state index in [1.54, 1.807) is 0 Å². The first-order chi connectivity index (χ1) is 11.5. The van der Waals surface area contributed by atoms with Crippen molar-refractivity contribution in [3.63, 3.8) is 0 Å². The number of quaternary nitrogens is 1. The molecule has 1 aliphatic rings. The van der Waals surface area contributed by atoms with Gasteiger partial charge >= 0.3 is 0 Å². The van der Waals surface area contributed by atoms with Crippen LogP contribution < -0.4 is 28.5 Å². The first-order valence-electron chi connectivity index (χ1n) is 8.63. The summed E-state index contributed by atoms with van der Waals surface area (Å²) in [6, 6.07) is 26.8. The molecule has 3 aromatic rings. The van der Waals surface area contributed by atoms with Crippen molar-refractivity contribution in [2.45, 2.75) is 12.3 Å². The fourth-order valence-electron chi connectivity index (χ4n) is 3.79. The molecule has 1 nitrogen and oxygen atoms in total. The topological polar surface area (TPSA) is 0 Å². The zero-order valence-electron chi connectivity index (χ0n) is 15.0. The molecule has 128 valence electrons. The Hall–Kier alpha value is -1.65. The molecule has 0 radical (unpaired) electrons. The lowest BCUT2D eigenvalue weighted by Crippen LogP contribution is -3.00. The van der Waals surface area contributed by atoms with E-state index in [9.17, 15) is 0 Å². The van der Waals surface area contributed by atoms with Gasteiger partial charge in [0.05, 0.1) is 21.1 Å². The molecule has 0 bridgehead atoms. The second-order valence-electron chi connectivity index (χ2n) is 7.61. The van der Waals surface area contributed by atoms with Crippen molar-refractivity contribution in [1.29, 1.82) is 0 Å². The van der Waals surface area contributed by atoms with Crippen LogP contribution in [-0.4, -0.2) is 21.1 Å². The standard InChI is InChI=1S/C23H24N.HI/c1-24(2,3)18-14-12-17(13-15-18)16-23-21-10-6-4-8-19(21)20-9-5-7-11-22(20)23;/h4-15,23H,16H2,1-3H3;1H/q+1;/p-1. The van der Waals surface area contributed by atoms with Gasteiger partial charge in [-0.1, -0.05) is 60.7 Å². The molecule has 0 fully saturated rings. The largest absolute Gasteiger partial charge is 1.00 e. The molecule has 0 aromatic heterocycles. The van der Waals surface area contributed by atoms with Crippen LogP contribution >= 0.6 is 0 Å². The quantitative estimate of drug-likeness (QED) is 0.432. The Balaban J connectivity index is 0.00000182.